The number of benzene rings is 1. The first kappa shape index (κ1) is 16.8. The Morgan fingerprint density at radius 2 is 1.90 bits per heavy atom. The molecule has 0 aliphatic carbocycles. The molecule has 0 aliphatic heterocycles. The lowest BCUT2D eigenvalue weighted by molar-refractivity contribution is -0.155. The molecule has 3 N–H and O–H groups in total. The number of rotatable bonds is 7. The van der Waals surface area contributed by atoms with Crippen molar-refractivity contribution in [3.05, 3.63) is 24.3 Å². The summed E-state index contributed by atoms with van der Waals surface area (Å²) in [7, 11) is 0. The number of carbonyl (C=O) groups excluding carboxylic acids is 2. The van der Waals surface area contributed by atoms with Gasteiger partial charge in [-0.25, -0.2) is 0 Å². The van der Waals surface area contributed by atoms with Gasteiger partial charge in [0.25, 0.3) is 5.91 Å². The van der Waals surface area contributed by atoms with Gasteiger partial charge in [-0.3, -0.25) is 9.59 Å². The van der Waals surface area contributed by atoms with E-state index in [-0.39, 0.29) is 25.0 Å². The number of nitrogens with two attached hydrogens (primary N) is 1. The summed E-state index contributed by atoms with van der Waals surface area (Å²) in [4.78, 5) is 23.2. The molecule has 0 aromatic heterocycles. The fourth-order valence-electron chi connectivity index (χ4n) is 1.57. The van der Waals surface area contributed by atoms with Gasteiger partial charge in [0.05, 0.1) is 18.7 Å². The first-order valence-electron chi connectivity index (χ1n) is 6.87. The maximum atomic E-state index is 11.6. The number of carbonyl (C=O) groups is 2. The Morgan fingerprint density at radius 3 is 2.52 bits per heavy atom. The van der Waals surface area contributed by atoms with E-state index in [0.29, 0.717) is 11.4 Å². The fraction of sp³-hybridized carbons (Fsp3) is 0.467. The summed E-state index contributed by atoms with van der Waals surface area (Å²) in [5, 5.41) is 2.67. The average molecular weight is 294 g/mol. The second kappa shape index (κ2) is 8.14. The van der Waals surface area contributed by atoms with E-state index in [1.807, 2.05) is 13.8 Å². The lowest BCUT2D eigenvalue weighted by atomic mass is 10.3. The SMILES string of the molecule is CC(C)NC(=O)C(C)OC(=O)CCOc1ccccc1N. The second-order valence-corrected chi connectivity index (χ2v) is 4.93. The lowest BCUT2D eigenvalue weighted by Gasteiger charge is -2.15. The Labute approximate surface area is 124 Å². The van der Waals surface area contributed by atoms with Gasteiger partial charge >= 0.3 is 5.97 Å². The average Bonchev–Trinajstić information content (AvgIpc) is 2.40. The van der Waals surface area contributed by atoms with Gasteiger partial charge in [-0.05, 0) is 32.9 Å². The summed E-state index contributed by atoms with van der Waals surface area (Å²) < 4.78 is 10.4. The highest BCUT2D eigenvalue weighted by atomic mass is 16.5. The van der Waals surface area contributed by atoms with Crippen molar-refractivity contribution in [3.8, 4) is 5.75 Å². The molecule has 0 saturated carbocycles. The number of hydrogen-bond donors (Lipinski definition) is 2. The van der Waals surface area contributed by atoms with Crippen LogP contribution in [0.25, 0.3) is 0 Å². The molecule has 0 bridgehead atoms. The number of amides is 1. The van der Waals surface area contributed by atoms with Crippen LogP contribution in [0, 0.1) is 0 Å². The molecule has 1 atom stereocenters. The number of esters is 1. The van der Waals surface area contributed by atoms with E-state index in [2.05, 4.69) is 5.32 Å². The predicted molar refractivity (Wildman–Crippen MR) is 79.8 cm³/mol. The standard InChI is InChI=1S/C15H22N2O4/c1-10(2)17-15(19)11(3)21-14(18)8-9-20-13-7-5-4-6-12(13)16/h4-7,10-11H,8-9,16H2,1-3H3,(H,17,19). The van der Waals surface area contributed by atoms with Gasteiger partial charge in [-0.15, -0.1) is 0 Å². The highest BCUT2D eigenvalue weighted by molar-refractivity contribution is 5.83. The van der Waals surface area contributed by atoms with Crippen molar-refractivity contribution in [2.45, 2.75) is 39.3 Å². The van der Waals surface area contributed by atoms with Crippen LogP contribution >= 0.6 is 0 Å². The molecule has 0 saturated heterocycles. The molecular formula is C15H22N2O4. The molecule has 1 aromatic carbocycles. The van der Waals surface area contributed by atoms with Crippen LogP contribution in [0.1, 0.15) is 27.2 Å². The van der Waals surface area contributed by atoms with Crippen molar-refractivity contribution >= 4 is 17.6 Å². The summed E-state index contributed by atoms with van der Waals surface area (Å²) in [5.74, 6) is -0.279. The van der Waals surface area contributed by atoms with Crippen molar-refractivity contribution in [1.82, 2.24) is 5.32 Å². The number of ether oxygens (including phenoxy) is 2. The van der Waals surface area contributed by atoms with Gasteiger partial charge in [0.2, 0.25) is 0 Å². The van der Waals surface area contributed by atoms with Gasteiger partial charge in [-0.2, -0.15) is 0 Å². The molecule has 1 amide bonds. The molecular weight excluding hydrogens is 272 g/mol. The maximum Gasteiger partial charge on any atom is 0.310 e. The molecule has 0 heterocycles. The molecule has 1 unspecified atom stereocenters. The van der Waals surface area contributed by atoms with Crippen LogP contribution in [-0.4, -0.2) is 30.6 Å². The van der Waals surface area contributed by atoms with Gasteiger partial charge in [0.1, 0.15) is 5.75 Å². The zero-order chi connectivity index (χ0) is 15.8. The Kier molecular flexibility index (Phi) is 6.52. The second-order valence-electron chi connectivity index (χ2n) is 4.93. The van der Waals surface area contributed by atoms with Gasteiger partial charge < -0.3 is 20.5 Å². The van der Waals surface area contributed by atoms with E-state index < -0.39 is 12.1 Å². The summed E-state index contributed by atoms with van der Waals surface area (Å²) in [6.07, 6.45) is -0.769. The minimum Gasteiger partial charge on any atom is -0.491 e. The minimum absolute atomic E-state index is 0.00282. The summed E-state index contributed by atoms with van der Waals surface area (Å²) in [5.41, 5.74) is 6.22. The highest BCUT2D eigenvalue weighted by Crippen LogP contribution is 2.19. The number of nitrogens with one attached hydrogen (secondary N) is 1. The fourth-order valence-corrected chi connectivity index (χ4v) is 1.57. The van der Waals surface area contributed by atoms with Crippen LogP contribution in [-0.2, 0) is 14.3 Å². The first-order chi connectivity index (χ1) is 9.90. The predicted octanol–water partition coefficient (Wildman–Crippen LogP) is 1.49. The van der Waals surface area contributed by atoms with E-state index in [9.17, 15) is 9.59 Å². The first-order valence-corrected chi connectivity index (χ1v) is 6.87. The van der Waals surface area contributed by atoms with E-state index >= 15 is 0 Å². The Bertz CT molecular complexity index is 488. The van der Waals surface area contributed by atoms with Crippen LogP contribution in [0.3, 0.4) is 0 Å². The van der Waals surface area contributed by atoms with Crippen LogP contribution in [0.4, 0.5) is 5.69 Å². The zero-order valence-electron chi connectivity index (χ0n) is 12.6. The van der Waals surface area contributed by atoms with Crippen molar-refractivity contribution < 1.29 is 19.1 Å². The molecule has 6 nitrogen and oxygen atoms in total. The van der Waals surface area contributed by atoms with Gasteiger partial charge in [0.15, 0.2) is 6.10 Å². The molecule has 0 fully saturated rings. The van der Waals surface area contributed by atoms with Crippen molar-refractivity contribution in [1.29, 1.82) is 0 Å². The molecule has 1 aromatic rings. The zero-order valence-corrected chi connectivity index (χ0v) is 12.6. The smallest absolute Gasteiger partial charge is 0.310 e. The molecule has 21 heavy (non-hydrogen) atoms. The Balaban J connectivity index is 2.31. The molecule has 6 heteroatoms. The van der Waals surface area contributed by atoms with Gasteiger partial charge in [-0.1, -0.05) is 12.1 Å². The largest absolute Gasteiger partial charge is 0.491 e. The number of para-hydroxylation sites is 2. The van der Waals surface area contributed by atoms with Crippen LogP contribution in [0.15, 0.2) is 24.3 Å². The van der Waals surface area contributed by atoms with E-state index in [0.717, 1.165) is 0 Å². The normalized spacial score (nSPS) is 11.8. The van der Waals surface area contributed by atoms with Crippen molar-refractivity contribution in [2.24, 2.45) is 0 Å². The summed E-state index contributed by atoms with van der Waals surface area (Å²) in [6, 6.07) is 7.03. The van der Waals surface area contributed by atoms with Crippen LogP contribution in [0.5, 0.6) is 5.75 Å². The van der Waals surface area contributed by atoms with E-state index in [1.165, 1.54) is 6.92 Å². The quantitative estimate of drug-likeness (QED) is 0.587. The number of nitrogen functional groups attached to an aromatic ring is 1. The van der Waals surface area contributed by atoms with Crippen LogP contribution in [0.2, 0.25) is 0 Å². The maximum absolute atomic E-state index is 11.6. The molecule has 116 valence electrons. The summed E-state index contributed by atoms with van der Waals surface area (Å²) in [6.45, 7) is 5.35. The van der Waals surface area contributed by atoms with E-state index in [4.69, 9.17) is 15.2 Å². The minimum atomic E-state index is -0.818. The number of anilines is 1. The molecule has 0 aliphatic rings. The summed E-state index contributed by atoms with van der Waals surface area (Å²) >= 11 is 0. The van der Waals surface area contributed by atoms with Crippen LogP contribution < -0.4 is 15.8 Å². The topological polar surface area (TPSA) is 90.6 Å². The Hall–Kier alpha value is -2.24. The molecule has 0 radical (unpaired) electrons. The van der Waals surface area contributed by atoms with Crippen molar-refractivity contribution in [3.63, 3.8) is 0 Å². The Morgan fingerprint density at radius 1 is 1.24 bits per heavy atom. The number of hydrogen-bond acceptors (Lipinski definition) is 5. The molecule has 1 rings (SSSR count). The lowest BCUT2D eigenvalue weighted by Crippen LogP contribution is -2.39. The molecule has 0 spiro atoms. The third-order valence-corrected chi connectivity index (χ3v) is 2.59. The highest BCUT2D eigenvalue weighted by Gasteiger charge is 2.18. The van der Waals surface area contributed by atoms with Crippen molar-refractivity contribution in [2.75, 3.05) is 12.3 Å². The third-order valence-electron chi connectivity index (χ3n) is 2.59. The van der Waals surface area contributed by atoms with E-state index in [1.54, 1.807) is 24.3 Å². The monoisotopic (exact) mass is 294 g/mol. The third kappa shape index (κ3) is 6.16. The van der Waals surface area contributed by atoms with Gasteiger partial charge in [0, 0.05) is 6.04 Å².